The first-order chi connectivity index (χ1) is 10.9. The molecule has 1 aliphatic carbocycles. The van der Waals surface area contributed by atoms with Crippen LogP contribution < -0.4 is 10.2 Å². The number of nitrogens with one attached hydrogen (secondary N) is 1. The molecule has 1 aromatic rings. The van der Waals surface area contributed by atoms with Crippen LogP contribution in [-0.2, 0) is 4.79 Å². The van der Waals surface area contributed by atoms with Crippen LogP contribution in [0.1, 0.15) is 58.9 Å². The highest BCUT2D eigenvalue weighted by Gasteiger charge is 2.24. The van der Waals surface area contributed by atoms with Gasteiger partial charge in [-0.1, -0.05) is 31.0 Å². The van der Waals surface area contributed by atoms with Crippen LogP contribution in [0.5, 0.6) is 0 Å². The van der Waals surface area contributed by atoms with Gasteiger partial charge in [0, 0.05) is 26.2 Å². The molecule has 0 radical (unpaired) electrons. The standard InChI is InChI=1S/C16H29N5OS/c1-11(2)21-15(20(4)5)18-19-16(21)23-12(3)14(22)17-13-9-7-6-8-10-13/h11-13H,6-10H2,1-5H3,(H,17,22)/t12-/m1/s1. The minimum Gasteiger partial charge on any atom is -0.352 e. The zero-order valence-corrected chi connectivity index (χ0v) is 15.7. The van der Waals surface area contributed by atoms with Crippen LogP contribution in [0, 0.1) is 0 Å². The highest BCUT2D eigenvalue weighted by atomic mass is 32.2. The summed E-state index contributed by atoms with van der Waals surface area (Å²) in [6, 6.07) is 0.595. The van der Waals surface area contributed by atoms with Crippen LogP contribution in [0.4, 0.5) is 5.95 Å². The van der Waals surface area contributed by atoms with Gasteiger partial charge in [-0.15, -0.1) is 10.2 Å². The Balaban J connectivity index is 2.01. The number of hydrogen-bond acceptors (Lipinski definition) is 5. The molecule has 7 heteroatoms. The smallest absolute Gasteiger partial charge is 0.233 e. The quantitative estimate of drug-likeness (QED) is 0.808. The third-order valence-corrected chi connectivity index (χ3v) is 5.22. The summed E-state index contributed by atoms with van der Waals surface area (Å²) < 4.78 is 2.08. The van der Waals surface area contributed by atoms with Crippen LogP contribution >= 0.6 is 11.8 Å². The molecule has 130 valence electrons. The molecule has 0 unspecified atom stereocenters. The van der Waals surface area contributed by atoms with E-state index in [1.807, 2.05) is 25.9 Å². The number of hydrogen-bond donors (Lipinski definition) is 1. The fourth-order valence-corrected chi connectivity index (χ4v) is 3.87. The van der Waals surface area contributed by atoms with Crippen molar-refractivity contribution in [2.24, 2.45) is 0 Å². The Morgan fingerprint density at radius 1 is 1.22 bits per heavy atom. The molecule has 1 heterocycles. The molecule has 6 nitrogen and oxygen atoms in total. The molecule has 0 bridgehead atoms. The SMILES string of the molecule is CC(C)n1c(S[C@H](C)C(=O)NC2CCCCC2)nnc1N(C)C. The van der Waals surface area contributed by atoms with E-state index >= 15 is 0 Å². The Bertz CT molecular complexity index is 523. The fraction of sp³-hybridized carbons (Fsp3) is 0.812. The van der Waals surface area contributed by atoms with Gasteiger partial charge in [0.25, 0.3) is 0 Å². The topological polar surface area (TPSA) is 63.1 Å². The average Bonchev–Trinajstić information content (AvgIpc) is 2.92. The molecule has 0 aromatic carbocycles. The molecule has 0 aliphatic heterocycles. The lowest BCUT2D eigenvalue weighted by Gasteiger charge is -2.24. The van der Waals surface area contributed by atoms with Crippen molar-refractivity contribution in [1.82, 2.24) is 20.1 Å². The lowest BCUT2D eigenvalue weighted by molar-refractivity contribution is -0.121. The zero-order chi connectivity index (χ0) is 17.0. The number of amides is 1. The van der Waals surface area contributed by atoms with E-state index in [4.69, 9.17) is 0 Å². The van der Waals surface area contributed by atoms with Gasteiger partial charge in [-0.05, 0) is 33.6 Å². The molecular formula is C16H29N5OS. The molecule has 1 atom stereocenters. The summed E-state index contributed by atoms with van der Waals surface area (Å²) in [5, 5.41) is 12.4. The number of thioether (sulfide) groups is 1. The first kappa shape index (κ1) is 18.1. The van der Waals surface area contributed by atoms with Crippen LogP contribution in [-0.4, -0.2) is 46.1 Å². The van der Waals surface area contributed by atoms with Crippen molar-refractivity contribution in [3.63, 3.8) is 0 Å². The van der Waals surface area contributed by atoms with E-state index < -0.39 is 0 Å². The van der Waals surface area contributed by atoms with E-state index in [1.165, 1.54) is 31.0 Å². The zero-order valence-electron chi connectivity index (χ0n) is 14.9. The van der Waals surface area contributed by atoms with E-state index in [9.17, 15) is 4.79 Å². The molecular weight excluding hydrogens is 310 g/mol. The van der Waals surface area contributed by atoms with Gasteiger partial charge in [-0.3, -0.25) is 9.36 Å². The lowest BCUT2D eigenvalue weighted by Crippen LogP contribution is -2.40. The lowest BCUT2D eigenvalue weighted by atomic mass is 9.95. The van der Waals surface area contributed by atoms with Gasteiger partial charge in [0.2, 0.25) is 11.9 Å². The predicted octanol–water partition coefficient (Wildman–Crippen LogP) is 2.85. The summed E-state index contributed by atoms with van der Waals surface area (Å²) in [5.41, 5.74) is 0. The van der Waals surface area contributed by atoms with Gasteiger partial charge in [-0.2, -0.15) is 0 Å². The van der Waals surface area contributed by atoms with Gasteiger partial charge in [0.15, 0.2) is 5.16 Å². The number of nitrogens with zero attached hydrogens (tertiary/aromatic N) is 4. The maximum absolute atomic E-state index is 12.4. The van der Waals surface area contributed by atoms with E-state index in [1.54, 1.807) is 0 Å². The van der Waals surface area contributed by atoms with E-state index in [-0.39, 0.29) is 17.2 Å². The molecule has 1 fully saturated rings. The molecule has 1 saturated carbocycles. The van der Waals surface area contributed by atoms with Gasteiger partial charge >= 0.3 is 0 Å². The minimum atomic E-state index is -0.173. The third kappa shape index (κ3) is 4.62. The van der Waals surface area contributed by atoms with E-state index in [2.05, 4.69) is 33.9 Å². The Labute approximate surface area is 143 Å². The van der Waals surface area contributed by atoms with Gasteiger partial charge < -0.3 is 10.2 Å². The number of carbonyl (C=O) groups is 1. The van der Waals surface area contributed by atoms with Crippen LogP contribution in [0.3, 0.4) is 0 Å². The summed E-state index contributed by atoms with van der Waals surface area (Å²) in [5.74, 6) is 0.925. The van der Waals surface area contributed by atoms with Crippen LogP contribution in [0.2, 0.25) is 0 Å². The van der Waals surface area contributed by atoms with E-state index in [0.717, 1.165) is 23.9 Å². The highest BCUT2D eigenvalue weighted by Crippen LogP contribution is 2.28. The summed E-state index contributed by atoms with van der Waals surface area (Å²) in [7, 11) is 3.91. The van der Waals surface area contributed by atoms with Crippen LogP contribution in [0.25, 0.3) is 0 Å². The summed E-state index contributed by atoms with van der Waals surface area (Å²) in [6.45, 7) is 6.15. The Kier molecular flexibility index (Phi) is 6.33. The Morgan fingerprint density at radius 2 is 1.87 bits per heavy atom. The first-order valence-corrected chi connectivity index (χ1v) is 9.37. The number of anilines is 1. The second kappa shape index (κ2) is 8.04. The molecule has 1 aliphatic rings. The number of aromatic nitrogens is 3. The largest absolute Gasteiger partial charge is 0.352 e. The Hall–Kier alpha value is -1.24. The van der Waals surface area contributed by atoms with Crippen molar-refractivity contribution in [3.8, 4) is 0 Å². The maximum Gasteiger partial charge on any atom is 0.233 e. The number of rotatable bonds is 6. The van der Waals surface area contributed by atoms with Crippen molar-refractivity contribution in [2.45, 2.75) is 75.4 Å². The Morgan fingerprint density at radius 3 is 2.43 bits per heavy atom. The maximum atomic E-state index is 12.4. The summed E-state index contributed by atoms with van der Waals surface area (Å²) in [4.78, 5) is 14.4. The van der Waals surface area contributed by atoms with Crippen molar-refractivity contribution in [3.05, 3.63) is 0 Å². The fourth-order valence-electron chi connectivity index (χ4n) is 2.88. The summed E-state index contributed by atoms with van der Waals surface area (Å²) in [6.07, 6.45) is 5.95. The molecule has 1 amide bonds. The van der Waals surface area contributed by atoms with Gasteiger partial charge in [-0.25, -0.2) is 0 Å². The summed E-state index contributed by atoms with van der Waals surface area (Å²) >= 11 is 1.48. The van der Waals surface area contributed by atoms with Crippen molar-refractivity contribution in [2.75, 3.05) is 19.0 Å². The highest BCUT2D eigenvalue weighted by molar-refractivity contribution is 8.00. The third-order valence-electron chi connectivity index (χ3n) is 4.17. The van der Waals surface area contributed by atoms with Crippen molar-refractivity contribution >= 4 is 23.6 Å². The molecule has 0 saturated heterocycles. The normalized spacial score (nSPS) is 17.3. The van der Waals surface area contributed by atoms with Gasteiger partial charge in [0.05, 0.1) is 5.25 Å². The monoisotopic (exact) mass is 339 g/mol. The average molecular weight is 340 g/mol. The second-order valence-corrected chi connectivity index (χ2v) is 8.05. The second-order valence-electron chi connectivity index (χ2n) is 6.74. The molecule has 1 aromatic heterocycles. The van der Waals surface area contributed by atoms with Crippen molar-refractivity contribution in [1.29, 1.82) is 0 Å². The number of carbonyl (C=O) groups excluding carboxylic acids is 1. The van der Waals surface area contributed by atoms with Gasteiger partial charge in [0.1, 0.15) is 0 Å². The first-order valence-electron chi connectivity index (χ1n) is 8.49. The molecule has 0 spiro atoms. The van der Waals surface area contributed by atoms with Crippen molar-refractivity contribution < 1.29 is 4.79 Å². The predicted molar refractivity (Wildman–Crippen MR) is 95.1 cm³/mol. The van der Waals surface area contributed by atoms with E-state index in [0.29, 0.717) is 6.04 Å². The van der Waals surface area contributed by atoms with Crippen LogP contribution in [0.15, 0.2) is 5.16 Å². The molecule has 2 rings (SSSR count). The molecule has 23 heavy (non-hydrogen) atoms. The molecule has 1 N–H and O–H groups in total. The minimum absolute atomic E-state index is 0.103.